The van der Waals surface area contributed by atoms with Gasteiger partial charge in [-0.2, -0.15) is 0 Å². The second-order valence-electron chi connectivity index (χ2n) is 4.77. The predicted molar refractivity (Wildman–Crippen MR) is 89.0 cm³/mol. The van der Waals surface area contributed by atoms with Crippen molar-refractivity contribution in [2.45, 2.75) is 13.8 Å². The number of benzene rings is 2. The number of rotatable bonds is 3. The highest BCUT2D eigenvalue weighted by Crippen LogP contribution is 2.28. The molecule has 2 rings (SSSR count). The Morgan fingerprint density at radius 3 is 2.62 bits per heavy atom. The fourth-order valence-electron chi connectivity index (χ4n) is 2.04. The molecule has 4 nitrogen and oxygen atoms in total. The maximum absolute atomic E-state index is 12.5. The first kappa shape index (κ1) is 15.4. The van der Waals surface area contributed by atoms with Crippen molar-refractivity contribution in [3.8, 4) is 5.75 Å². The molecule has 2 aromatic carbocycles. The zero-order valence-corrected chi connectivity index (χ0v) is 13.7. The Hall–Kier alpha value is -2.01. The number of hydrogen-bond donors (Lipinski definition) is 2. The average Bonchev–Trinajstić information content (AvgIpc) is 2.48. The van der Waals surface area contributed by atoms with Crippen LogP contribution in [0.3, 0.4) is 0 Å². The largest absolute Gasteiger partial charge is 0.497 e. The van der Waals surface area contributed by atoms with E-state index in [9.17, 15) is 4.79 Å². The number of nitrogens with two attached hydrogens (primary N) is 1. The summed E-state index contributed by atoms with van der Waals surface area (Å²) in [6, 6.07) is 8.99. The summed E-state index contributed by atoms with van der Waals surface area (Å²) in [5.41, 5.74) is 9.64. The summed E-state index contributed by atoms with van der Waals surface area (Å²) in [6.45, 7) is 3.82. The van der Waals surface area contributed by atoms with Crippen LogP contribution in [0.5, 0.6) is 5.75 Å². The fraction of sp³-hybridized carbons (Fsp3) is 0.188. The molecule has 2 aromatic rings. The highest BCUT2D eigenvalue weighted by Gasteiger charge is 2.14. The van der Waals surface area contributed by atoms with Crippen LogP contribution >= 0.6 is 15.9 Å². The minimum Gasteiger partial charge on any atom is -0.497 e. The van der Waals surface area contributed by atoms with Crippen LogP contribution in [0.15, 0.2) is 34.8 Å². The van der Waals surface area contributed by atoms with Crippen LogP contribution in [0.25, 0.3) is 0 Å². The van der Waals surface area contributed by atoms with Crippen LogP contribution in [-0.4, -0.2) is 13.0 Å². The number of aryl methyl sites for hydroxylation is 1. The molecule has 5 heteroatoms. The van der Waals surface area contributed by atoms with Crippen LogP contribution in [0, 0.1) is 13.8 Å². The van der Waals surface area contributed by atoms with Gasteiger partial charge in [0, 0.05) is 15.8 Å². The number of ether oxygens (including phenoxy) is 1. The Bertz CT molecular complexity index is 699. The topological polar surface area (TPSA) is 64.3 Å². The quantitative estimate of drug-likeness (QED) is 0.826. The Kier molecular flexibility index (Phi) is 4.53. The van der Waals surface area contributed by atoms with Gasteiger partial charge in [-0.25, -0.2) is 0 Å². The molecule has 0 heterocycles. The van der Waals surface area contributed by atoms with Crippen LogP contribution in [0.2, 0.25) is 0 Å². The number of nitrogens with one attached hydrogen (secondary N) is 1. The van der Waals surface area contributed by atoms with Gasteiger partial charge in [0.25, 0.3) is 5.91 Å². The molecule has 110 valence electrons. The Morgan fingerprint density at radius 1 is 1.24 bits per heavy atom. The lowest BCUT2D eigenvalue weighted by atomic mass is 10.1. The molecular formula is C16H17BrN2O2. The van der Waals surface area contributed by atoms with Gasteiger partial charge < -0.3 is 15.8 Å². The standard InChI is InChI=1S/C16H17BrN2O2/c1-9-4-7-14(18)10(2)15(9)19-16(20)12-8-11(21-3)5-6-13(12)17/h4-8H,18H2,1-3H3,(H,19,20). The number of carbonyl (C=O) groups is 1. The maximum atomic E-state index is 12.5. The SMILES string of the molecule is COc1ccc(Br)c(C(=O)Nc2c(C)ccc(N)c2C)c1. The Morgan fingerprint density at radius 2 is 1.95 bits per heavy atom. The molecule has 0 atom stereocenters. The predicted octanol–water partition coefficient (Wildman–Crippen LogP) is 3.91. The molecule has 3 N–H and O–H groups in total. The zero-order chi connectivity index (χ0) is 15.6. The lowest BCUT2D eigenvalue weighted by molar-refractivity contribution is 0.102. The van der Waals surface area contributed by atoms with Crippen molar-refractivity contribution >= 4 is 33.2 Å². The van der Waals surface area contributed by atoms with Gasteiger partial charge in [0.15, 0.2) is 0 Å². The minimum absolute atomic E-state index is 0.211. The van der Waals surface area contributed by atoms with Crippen molar-refractivity contribution < 1.29 is 9.53 Å². The van der Waals surface area contributed by atoms with Gasteiger partial charge in [0.2, 0.25) is 0 Å². The summed E-state index contributed by atoms with van der Waals surface area (Å²) >= 11 is 3.38. The zero-order valence-electron chi connectivity index (χ0n) is 12.2. The first-order chi connectivity index (χ1) is 9.93. The summed E-state index contributed by atoms with van der Waals surface area (Å²) in [6.07, 6.45) is 0. The first-order valence-electron chi connectivity index (χ1n) is 6.44. The van der Waals surface area contributed by atoms with E-state index >= 15 is 0 Å². The van der Waals surface area contributed by atoms with Crippen LogP contribution in [0.4, 0.5) is 11.4 Å². The van der Waals surface area contributed by atoms with E-state index in [1.165, 1.54) is 0 Å². The number of amides is 1. The van der Waals surface area contributed by atoms with Gasteiger partial charge in [0.05, 0.1) is 12.7 Å². The third kappa shape index (κ3) is 3.19. The fourth-order valence-corrected chi connectivity index (χ4v) is 2.47. The van der Waals surface area contributed by atoms with Gasteiger partial charge in [-0.3, -0.25) is 4.79 Å². The molecular weight excluding hydrogens is 332 g/mol. The highest BCUT2D eigenvalue weighted by molar-refractivity contribution is 9.10. The van der Waals surface area contributed by atoms with E-state index < -0.39 is 0 Å². The van der Waals surface area contributed by atoms with E-state index in [0.29, 0.717) is 21.5 Å². The van der Waals surface area contributed by atoms with E-state index in [4.69, 9.17) is 10.5 Å². The number of methoxy groups -OCH3 is 1. The third-order valence-corrected chi connectivity index (χ3v) is 4.06. The van der Waals surface area contributed by atoms with Gasteiger partial charge in [0.1, 0.15) is 5.75 Å². The van der Waals surface area contributed by atoms with Crippen LogP contribution < -0.4 is 15.8 Å². The van der Waals surface area contributed by atoms with Gasteiger partial charge in [-0.15, -0.1) is 0 Å². The molecule has 0 radical (unpaired) electrons. The van der Waals surface area contributed by atoms with E-state index in [0.717, 1.165) is 16.8 Å². The molecule has 1 amide bonds. The van der Waals surface area contributed by atoms with Crippen molar-refractivity contribution in [2.24, 2.45) is 0 Å². The summed E-state index contributed by atoms with van der Waals surface area (Å²) < 4.78 is 5.86. The minimum atomic E-state index is -0.211. The van der Waals surface area contributed by atoms with Crippen molar-refractivity contribution in [1.29, 1.82) is 0 Å². The third-order valence-electron chi connectivity index (χ3n) is 3.37. The molecule has 0 unspecified atom stereocenters. The molecule has 21 heavy (non-hydrogen) atoms. The molecule has 0 bridgehead atoms. The van der Waals surface area contributed by atoms with Crippen molar-refractivity contribution in [2.75, 3.05) is 18.2 Å². The number of hydrogen-bond acceptors (Lipinski definition) is 3. The smallest absolute Gasteiger partial charge is 0.256 e. The summed E-state index contributed by atoms with van der Waals surface area (Å²) in [5.74, 6) is 0.418. The number of nitrogen functional groups attached to an aromatic ring is 1. The lowest BCUT2D eigenvalue weighted by Crippen LogP contribution is -2.15. The van der Waals surface area contributed by atoms with Gasteiger partial charge in [-0.1, -0.05) is 6.07 Å². The van der Waals surface area contributed by atoms with Crippen molar-refractivity contribution in [1.82, 2.24) is 0 Å². The second kappa shape index (κ2) is 6.18. The van der Waals surface area contributed by atoms with E-state index in [1.807, 2.05) is 26.0 Å². The summed E-state index contributed by atoms with van der Waals surface area (Å²) in [5, 5.41) is 2.92. The molecule has 0 aliphatic carbocycles. The lowest BCUT2D eigenvalue weighted by Gasteiger charge is -2.14. The Labute approximate surface area is 132 Å². The number of halogens is 1. The molecule has 0 aliphatic rings. The number of anilines is 2. The molecule has 0 saturated heterocycles. The molecule has 0 spiro atoms. The van der Waals surface area contributed by atoms with Crippen LogP contribution in [-0.2, 0) is 0 Å². The average molecular weight is 349 g/mol. The van der Waals surface area contributed by atoms with E-state index in [1.54, 1.807) is 25.3 Å². The molecule has 0 saturated carbocycles. The van der Waals surface area contributed by atoms with Gasteiger partial charge in [-0.05, 0) is 65.2 Å². The van der Waals surface area contributed by atoms with Crippen molar-refractivity contribution in [3.63, 3.8) is 0 Å². The summed E-state index contributed by atoms with van der Waals surface area (Å²) in [4.78, 5) is 12.5. The van der Waals surface area contributed by atoms with Crippen LogP contribution in [0.1, 0.15) is 21.5 Å². The molecule has 0 aliphatic heterocycles. The monoisotopic (exact) mass is 348 g/mol. The van der Waals surface area contributed by atoms with E-state index in [2.05, 4.69) is 21.2 Å². The highest BCUT2D eigenvalue weighted by atomic mass is 79.9. The molecule has 0 fully saturated rings. The Balaban J connectivity index is 2.37. The normalized spacial score (nSPS) is 10.3. The first-order valence-corrected chi connectivity index (χ1v) is 7.24. The second-order valence-corrected chi connectivity index (χ2v) is 5.63. The van der Waals surface area contributed by atoms with Crippen molar-refractivity contribution in [3.05, 3.63) is 51.5 Å². The number of carbonyl (C=O) groups excluding carboxylic acids is 1. The summed E-state index contributed by atoms with van der Waals surface area (Å²) in [7, 11) is 1.57. The molecule has 0 aromatic heterocycles. The van der Waals surface area contributed by atoms with Gasteiger partial charge >= 0.3 is 0 Å². The van der Waals surface area contributed by atoms with E-state index in [-0.39, 0.29) is 5.91 Å². The maximum Gasteiger partial charge on any atom is 0.256 e.